The second-order valence-corrected chi connectivity index (χ2v) is 4.54. The molecule has 0 spiro atoms. The van der Waals surface area contributed by atoms with Gasteiger partial charge in [0.05, 0.1) is 24.1 Å². The van der Waals surface area contributed by atoms with Crippen molar-refractivity contribution >= 4 is 29.2 Å². The lowest BCUT2D eigenvalue weighted by atomic mass is 10.2. The van der Waals surface area contributed by atoms with Crippen molar-refractivity contribution in [3.8, 4) is 0 Å². The zero-order chi connectivity index (χ0) is 13.1. The second kappa shape index (κ2) is 5.35. The van der Waals surface area contributed by atoms with Gasteiger partial charge in [0.1, 0.15) is 0 Å². The van der Waals surface area contributed by atoms with Crippen LogP contribution in [-0.4, -0.2) is 22.1 Å². The Kier molecular flexibility index (Phi) is 3.81. The zero-order valence-electron chi connectivity index (χ0n) is 10.5. The maximum atomic E-state index is 11.4. The topological polar surface area (TPSA) is 47.0 Å². The number of aryl methyl sites for hydroxylation is 2. The smallest absolute Gasteiger partial charge is 0.307 e. The predicted molar refractivity (Wildman–Crippen MR) is 73.1 cm³/mol. The average Bonchev–Trinajstić information content (AvgIpc) is 2.61. The number of H-pyrrole nitrogens is 1. The Bertz CT molecular complexity index is 627. The molecule has 0 bridgehead atoms. The summed E-state index contributed by atoms with van der Waals surface area (Å²) in [6.45, 7) is 4.79. The van der Waals surface area contributed by atoms with Crippen LogP contribution in [0.1, 0.15) is 18.9 Å². The van der Waals surface area contributed by atoms with Crippen LogP contribution >= 0.6 is 12.2 Å². The number of carbonyl (C=O) groups excluding carboxylic acids is 1. The summed E-state index contributed by atoms with van der Waals surface area (Å²) in [4.78, 5) is 14.5. The van der Waals surface area contributed by atoms with Gasteiger partial charge in [0.25, 0.3) is 0 Å². The number of rotatable bonds is 4. The molecule has 2 aromatic rings. The number of carbonyl (C=O) groups is 1. The first kappa shape index (κ1) is 12.8. The van der Waals surface area contributed by atoms with Gasteiger partial charge in [-0.15, -0.1) is 0 Å². The zero-order valence-corrected chi connectivity index (χ0v) is 11.3. The molecule has 1 aromatic heterocycles. The van der Waals surface area contributed by atoms with Gasteiger partial charge in [0.2, 0.25) is 0 Å². The maximum absolute atomic E-state index is 11.4. The van der Waals surface area contributed by atoms with Gasteiger partial charge in [-0.05, 0) is 43.8 Å². The number of aromatic amines is 1. The third-order valence-electron chi connectivity index (χ3n) is 2.77. The number of benzene rings is 1. The molecule has 0 radical (unpaired) electrons. The van der Waals surface area contributed by atoms with E-state index in [1.54, 1.807) is 6.92 Å². The van der Waals surface area contributed by atoms with Crippen LogP contribution in [0.5, 0.6) is 0 Å². The van der Waals surface area contributed by atoms with Crippen molar-refractivity contribution in [3.05, 3.63) is 28.5 Å². The Balaban J connectivity index is 2.25. The Morgan fingerprint density at radius 3 is 3.00 bits per heavy atom. The minimum Gasteiger partial charge on any atom is -0.466 e. The highest BCUT2D eigenvalue weighted by Crippen LogP contribution is 2.16. The highest BCUT2D eigenvalue weighted by atomic mass is 32.1. The molecular weight excluding hydrogens is 248 g/mol. The number of fused-ring (bicyclic) bond motifs is 1. The number of imidazole rings is 1. The van der Waals surface area contributed by atoms with Crippen molar-refractivity contribution in [2.75, 3.05) is 6.61 Å². The van der Waals surface area contributed by atoms with Gasteiger partial charge in [0.15, 0.2) is 4.77 Å². The van der Waals surface area contributed by atoms with Crippen LogP contribution in [-0.2, 0) is 16.1 Å². The van der Waals surface area contributed by atoms with Crippen molar-refractivity contribution in [2.45, 2.75) is 26.8 Å². The molecule has 1 N–H and O–H groups in total. The number of aromatic nitrogens is 2. The average molecular weight is 264 g/mol. The summed E-state index contributed by atoms with van der Waals surface area (Å²) in [5.74, 6) is -0.194. The summed E-state index contributed by atoms with van der Waals surface area (Å²) >= 11 is 5.27. The standard InChI is InChI=1S/C13H16N2O2S/c1-3-17-12(16)6-7-15-11-5-4-9(2)8-10(11)14-13(15)18/h4-5,8H,3,6-7H2,1-2H3,(H,14,18). The SMILES string of the molecule is CCOC(=O)CCn1c(=S)[nH]c2cc(C)ccc21. The highest BCUT2D eigenvalue weighted by Gasteiger charge is 2.07. The van der Waals surface area contributed by atoms with Crippen LogP contribution in [0, 0.1) is 11.7 Å². The van der Waals surface area contributed by atoms with Crippen LogP contribution in [0.15, 0.2) is 18.2 Å². The summed E-state index contributed by atoms with van der Waals surface area (Å²) in [6, 6.07) is 6.10. The van der Waals surface area contributed by atoms with E-state index in [-0.39, 0.29) is 5.97 Å². The van der Waals surface area contributed by atoms with E-state index in [2.05, 4.69) is 4.98 Å². The Labute approximate surface area is 111 Å². The quantitative estimate of drug-likeness (QED) is 0.682. The number of ether oxygens (including phenoxy) is 1. The fourth-order valence-corrected chi connectivity index (χ4v) is 2.24. The highest BCUT2D eigenvalue weighted by molar-refractivity contribution is 7.71. The molecule has 1 aromatic carbocycles. The van der Waals surface area contributed by atoms with E-state index in [9.17, 15) is 4.79 Å². The van der Waals surface area contributed by atoms with E-state index in [4.69, 9.17) is 17.0 Å². The monoisotopic (exact) mass is 264 g/mol. The molecule has 0 atom stereocenters. The fraction of sp³-hybridized carbons (Fsp3) is 0.385. The Morgan fingerprint density at radius 2 is 2.28 bits per heavy atom. The molecular formula is C13H16N2O2S. The van der Waals surface area contributed by atoms with Crippen LogP contribution < -0.4 is 0 Å². The molecule has 0 aliphatic rings. The number of nitrogens with zero attached hydrogens (tertiary/aromatic N) is 1. The molecule has 18 heavy (non-hydrogen) atoms. The normalized spacial score (nSPS) is 10.8. The third-order valence-corrected chi connectivity index (χ3v) is 3.10. The lowest BCUT2D eigenvalue weighted by molar-refractivity contribution is -0.143. The van der Waals surface area contributed by atoms with Crippen LogP contribution in [0.25, 0.3) is 11.0 Å². The van der Waals surface area contributed by atoms with Crippen LogP contribution in [0.4, 0.5) is 0 Å². The van der Waals surface area contributed by atoms with Gasteiger partial charge >= 0.3 is 5.97 Å². The van der Waals surface area contributed by atoms with E-state index in [0.717, 1.165) is 11.0 Å². The number of hydrogen-bond acceptors (Lipinski definition) is 3. The van der Waals surface area contributed by atoms with Gasteiger partial charge in [-0.2, -0.15) is 0 Å². The van der Waals surface area contributed by atoms with Gasteiger partial charge in [-0.3, -0.25) is 4.79 Å². The predicted octanol–water partition coefficient (Wildman–Crippen LogP) is 2.96. The largest absolute Gasteiger partial charge is 0.466 e. The summed E-state index contributed by atoms with van der Waals surface area (Å²) in [5.41, 5.74) is 3.20. The van der Waals surface area contributed by atoms with Crippen molar-refractivity contribution in [3.63, 3.8) is 0 Å². The fourth-order valence-electron chi connectivity index (χ4n) is 1.94. The molecule has 5 heteroatoms. The number of esters is 1. The van der Waals surface area contributed by atoms with Crippen molar-refractivity contribution in [1.29, 1.82) is 0 Å². The van der Waals surface area contributed by atoms with Gasteiger partial charge in [0, 0.05) is 6.54 Å². The van der Waals surface area contributed by atoms with E-state index in [1.165, 1.54) is 5.56 Å². The molecule has 0 aliphatic carbocycles. The summed E-state index contributed by atoms with van der Waals surface area (Å²) in [6.07, 6.45) is 0.336. The van der Waals surface area contributed by atoms with E-state index < -0.39 is 0 Å². The summed E-state index contributed by atoms with van der Waals surface area (Å²) in [5, 5.41) is 0. The molecule has 1 heterocycles. The van der Waals surface area contributed by atoms with Gasteiger partial charge < -0.3 is 14.3 Å². The van der Waals surface area contributed by atoms with Crippen molar-refractivity contribution < 1.29 is 9.53 Å². The first-order valence-electron chi connectivity index (χ1n) is 5.96. The van der Waals surface area contributed by atoms with Crippen LogP contribution in [0.3, 0.4) is 0 Å². The molecule has 0 saturated heterocycles. The lowest BCUT2D eigenvalue weighted by Crippen LogP contribution is -2.09. The second-order valence-electron chi connectivity index (χ2n) is 4.16. The van der Waals surface area contributed by atoms with Gasteiger partial charge in [-0.1, -0.05) is 6.07 Å². The number of hydrogen-bond donors (Lipinski definition) is 1. The first-order valence-corrected chi connectivity index (χ1v) is 6.37. The van der Waals surface area contributed by atoms with Crippen molar-refractivity contribution in [2.24, 2.45) is 0 Å². The molecule has 0 fully saturated rings. The molecule has 0 saturated carbocycles. The molecule has 2 rings (SSSR count). The molecule has 4 nitrogen and oxygen atoms in total. The minimum absolute atomic E-state index is 0.194. The van der Waals surface area contributed by atoms with Crippen LogP contribution in [0.2, 0.25) is 0 Å². The molecule has 0 aliphatic heterocycles. The molecule has 0 unspecified atom stereocenters. The van der Waals surface area contributed by atoms with E-state index >= 15 is 0 Å². The molecule has 96 valence electrons. The van der Waals surface area contributed by atoms with Crippen molar-refractivity contribution in [1.82, 2.24) is 9.55 Å². The maximum Gasteiger partial charge on any atom is 0.307 e. The summed E-state index contributed by atoms with van der Waals surface area (Å²) < 4.78 is 7.49. The summed E-state index contributed by atoms with van der Waals surface area (Å²) in [7, 11) is 0. The Hall–Kier alpha value is -1.62. The minimum atomic E-state index is -0.194. The first-order chi connectivity index (χ1) is 8.61. The van der Waals surface area contributed by atoms with E-state index in [0.29, 0.717) is 24.3 Å². The number of nitrogens with one attached hydrogen (secondary N) is 1. The van der Waals surface area contributed by atoms with E-state index in [1.807, 2.05) is 29.7 Å². The Morgan fingerprint density at radius 1 is 1.50 bits per heavy atom. The third kappa shape index (κ3) is 2.61. The molecule has 0 amide bonds. The lowest BCUT2D eigenvalue weighted by Gasteiger charge is -2.04. The van der Waals surface area contributed by atoms with Gasteiger partial charge in [-0.25, -0.2) is 0 Å².